The van der Waals surface area contributed by atoms with E-state index < -0.39 is 5.91 Å². The lowest BCUT2D eigenvalue weighted by Crippen LogP contribution is -2.18. The summed E-state index contributed by atoms with van der Waals surface area (Å²) in [6.07, 6.45) is 0. The van der Waals surface area contributed by atoms with E-state index in [1.54, 1.807) is 49.0 Å². The number of nitrogens with one attached hydrogen (secondary N) is 1. The van der Waals surface area contributed by atoms with E-state index in [1.807, 2.05) is 0 Å². The van der Waals surface area contributed by atoms with Crippen molar-refractivity contribution in [2.24, 2.45) is 0 Å². The largest absolute Gasteiger partial charge is 0.496 e. The standard InChI is InChI=1S/C15H11ClN2O3S/c1-21-12-5-3-9(16)7-10(12)15-17-11-4-2-8(14(19)18-20)6-13(11)22-15/h2-7,20H,1H3,(H,18,19). The molecule has 0 bridgehead atoms. The van der Waals surface area contributed by atoms with E-state index in [2.05, 4.69) is 4.98 Å². The molecule has 1 aromatic heterocycles. The van der Waals surface area contributed by atoms with Gasteiger partial charge in [0, 0.05) is 10.6 Å². The molecular formula is C15H11ClN2O3S. The van der Waals surface area contributed by atoms with Crippen LogP contribution in [0, 0.1) is 0 Å². The van der Waals surface area contributed by atoms with Gasteiger partial charge in [0.25, 0.3) is 5.91 Å². The summed E-state index contributed by atoms with van der Waals surface area (Å²) in [6.45, 7) is 0. The first-order valence-electron chi connectivity index (χ1n) is 6.31. The number of ether oxygens (including phenoxy) is 1. The lowest BCUT2D eigenvalue weighted by molar-refractivity contribution is 0.0706. The molecule has 7 heteroatoms. The molecule has 0 aliphatic rings. The Morgan fingerprint density at radius 1 is 1.32 bits per heavy atom. The predicted molar refractivity (Wildman–Crippen MR) is 85.9 cm³/mol. The normalized spacial score (nSPS) is 10.7. The molecule has 0 atom stereocenters. The number of fused-ring (bicyclic) bond motifs is 1. The van der Waals surface area contributed by atoms with Gasteiger partial charge in [0.2, 0.25) is 0 Å². The monoisotopic (exact) mass is 334 g/mol. The summed E-state index contributed by atoms with van der Waals surface area (Å²) in [4.78, 5) is 16.0. The summed E-state index contributed by atoms with van der Waals surface area (Å²) in [6, 6.07) is 10.3. The summed E-state index contributed by atoms with van der Waals surface area (Å²) in [5, 5.41) is 10.0. The van der Waals surface area contributed by atoms with Gasteiger partial charge < -0.3 is 4.74 Å². The molecule has 0 saturated heterocycles. The minimum absolute atomic E-state index is 0.364. The average Bonchev–Trinajstić information content (AvgIpc) is 2.96. The first-order valence-corrected chi connectivity index (χ1v) is 7.51. The highest BCUT2D eigenvalue weighted by molar-refractivity contribution is 7.21. The van der Waals surface area contributed by atoms with Crippen LogP contribution in [0.3, 0.4) is 0 Å². The fourth-order valence-electron chi connectivity index (χ4n) is 2.09. The summed E-state index contributed by atoms with van der Waals surface area (Å²) in [5.74, 6) is 0.119. The Labute approximate surface area is 135 Å². The second kappa shape index (κ2) is 5.92. The zero-order valence-corrected chi connectivity index (χ0v) is 13.0. The van der Waals surface area contributed by atoms with Crippen LogP contribution in [0.4, 0.5) is 0 Å². The topological polar surface area (TPSA) is 71.5 Å². The minimum Gasteiger partial charge on any atom is -0.496 e. The van der Waals surface area contributed by atoms with Crippen molar-refractivity contribution in [3.8, 4) is 16.3 Å². The quantitative estimate of drug-likeness (QED) is 0.565. The summed E-state index contributed by atoms with van der Waals surface area (Å²) in [5.41, 5.74) is 3.54. The number of benzene rings is 2. The molecule has 3 aromatic rings. The molecule has 22 heavy (non-hydrogen) atoms. The SMILES string of the molecule is COc1ccc(Cl)cc1-c1nc2ccc(C(=O)NO)cc2s1. The third-order valence-corrected chi connectivity index (χ3v) is 4.43. The predicted octanol–water partition coefficient (Wildman–Crippen LogP) is 3.74. The number of hydroxylamine groups is 1. The fraction of sp³-hybridized carbons (Fsp3) is 0.0667. The molecule has 1 heterocycles. The van der Waals surface area contributed by atoms with E-state index in [4.69, 9.17) is 21.5 Å². The first-order chi connectivity index (χ1) is 10.6. The maximum absolute atomic E-state index is 11.5. The molecule has 0 unspecified atom stereocenters. The van der Waals surface area contributed by atoms with Crippen LogP contribution in [-0.2, 0) is 0 Å². The highest BCUT2D eigenvalue weighted by atomic mass is 35.5. The molecule has 112 valence electrons. The number of amides is 1. The Balaban J connectivity index is 2.13. The number of aromatic nitrogens is 1. The van der Waals surface area contributed by atoms with E-state index in [-0.39, 0.29) is 0 Å². The van der Waals surface area contributed by atoms with E-state index in [9.17, 15) is 4.79 Å². The Morgan fingerprint density at radius 3 is 2.86 bits per heavy atom. The van der Waals surface area contributed by atoms with Gasteiger partial charge in [-0.2, -0.15) is 0 Å². The van der Waals surface area contributed by atoms with Gasteiger partial charge >= 0.3 is 0 Å². The van der Waals surface area contributed by atoms with Crippen molar-refractivity contribution >= 4 is 39.1 Å². The number of carbonyl (C=O) groups is 1. The maximum Gasteiger partial charge on any atom is 0.274 e. The highest BCUT2D eigenvalue weighted by Crippen LogP contribution is 2.37. The fourth-order valence-corrected chi connectivity index (χ4v) is 3.29. The smallest absolute Gasteiger partial charge is 0.274 e. The van der Waals surface area contributed by atoms with Crippen LogP contribution < -0.4 is 10.2 Å². The van der Waals surface area contributed by atoms with Gasteiger partial charge in [0.05, 0.1) is 22.9 Å². The first kappa shape index (κ1) is 14.8. The van der Waals surface area contributed by atoms with Crippen molar-refractivity contribution < 1.29 is 14.7 Å². The highest BCUT2D eigenvalue weighted by Gasteiger charge is 2.13. The van der Waals surface area contributed by atoms with E-state index in [0.29, 0.717) is 16.3 Å². The minimum atomic E-state index is -0.558. The zero-order valence-electron chi connectivity index (χ0n) is 11.5. The second-order valence-electron chi connectivity index (χ2n) is 4.49. The third-order valence-electron chi connectivity index (χ3n) is 3.14. The Bertz CT molecular complexity index is 863. The average molecular weight is 335 g/mol. The maximum atomic E-state index is 11.5. The molecule has 0 aliphatic carbocycles. The van der Waals surface area contributed by atoms with Gasteiger partial charge in [-0.3, -0.25) is 10.0 Å². The van der Waals surface area contributed by atoms with Crippen LogP contribution in [0.1, 0.15) is 10.4 Å². The number of carbonyl (C=O) groups excluding carboxylic acids is 1. The van der Waals surface area contributed by atoms with Crippen molar-refractivity contribution in [3.05, 3.63) is 47.0 Å². The molecule has 3 rings (SSSR count). The second-order valence-corrected chi connectivity index (χ2v) is 5.95. The molecule has 2 aromatic carbocycles. The number of halogens is 1. The Morgan fingerprint density at radius 2 is 2.14 bits per heavy atom. The molecule has 5 nitrogen and oxygen atoms in total. The third kappa shape index (κ3) is 2.64. The summed E-state index contributed by atoms with van der Waals surface area (Å²) < 4.78 is 6.17. The van der Waals surface area contributed by atoms with E-state index >= 15 is 0 Å². The van der Waals surface area contributed by atoms with Crippen molar-refractivity contribution in [1.29, 1.82) is 0 Å². The van der Waals surface area contributed by atoms with Gasteiger partial charge in [0.1, 0.15) is 10.8 Å². The molecular weight excluding hydrogens is 324 g/mol. The molecule has 0 radical (unpaired) electrons. The lowest BCUT2D eigenvalue weighted by atomic mass is 10.2. The van der Waals surface area contributed by atoms with Gasteiger partial charge in [-0.05, 0) is 36.4 Å². The zero-order chi connectivity index (χ0) is 15.7. The molecule has 0 spiro atoms. The number of hydrogen-bond acceptors (Lipinski definition) is 5. The van der Waals surface area contributed by atoms with Crippen LogP contribution in [0.15, 0.2) is 36.4 Å². The van der Waals surface area contributed by atoms with Crippen molar-refractivity contribution in [2.75, 3.05) is 7.11 Å². The Kier molecular flexibility index (Phi) is 3.98. The number of thiazole rings is 1. The van der Waals surface area contributed by atoms with Gasteiger partial charge in [-0.1, -0.05) is 11.6 Å². The van der Waals surface area contributed by atoms with Crippen LogP contribution in [0.5, 0.6) is 5.75 Å². The summed E-state index contributed by atoms with van der Waals surface area (Å²) >= 11 is 7.47. The van der Waals surface area contributed by atoms with Crippen LogP contribution in [-0.4, -0.2) is 23.2 Å². The number of hydrogen-bond donors (Lipinski definition) is 2. The molecule has 1 amide bonds. The van der Waals surface area contributed by atoms with E-state index in [1.165, 1.54) is 11.3 Å². The number of rotatable bonds is 3. The van der Waals surface area contributed by atoms with Crippen molar-refractivity contribution in [1.82, 2.24) is 10.5 Å². The van der Waals surface area contributed by atoms with Crippen LogP contribution in [0.25, 0.3) is 20.8 Å². The van der Waals surface area contributed by atoms with Crippen molar-refractivity contribution in [3.63, 3.8) is 0 Å². The Hall–Kier alpha value is -2.15. The summed E-state index contributed by atoms with van der Waals surface area (Å²) in [7, 11) is 1.59. The molecule has 0 fully saturated rings. The lowest BCUT2D eigenvalue weighted by Gasteiger charge is -2.05. The molecule has 0 saturated carbocycles. The van der Waals surface area contributed by atoms with Gasteiger partial charge in [0.15, 0.2) is 0 Å². The van der Waals surface area contributed by atoms with Crippen LogP contribution >= 0.6 is 22.9 Å². The molecule has 2 N–H and O–H groups in total. The van der Waals surface area contributed by atoms with Gasteiger partial charge in [-0.15, -0.1) is 11.3 Å². The number of nitrogens with zero attached hydrogens (tertiary/aromatic N) is 1. The molecule has 0 aliphatic heterocycles. The van der Waals surface area contributed by atoms with E-state index in [0.717, 1.165) is 20.8 Å². The van der Waals surface area contributed by atoms with Crippen LogP contribution in [0.2, 0.25) is 5.02 Å². The van der Waals surface area contributed by atoms with Crippen molar-refractivity contribution in [2.45, 2.75) is 0 Å². The van der Waals surface area contributed by atoms with Gasteiger partial charge in [-0.25, -0.2) is 10.5 Å². The number of methoxy groups -OCH3 is 1.